The van der Waals surface area contributed by atoms with Crippen LogP contribution in [0.5, 0.6) is 0 Å². The molecule has 0 bridgehead atoms. The molecule has 2 heterocycles. The van der Waals surface area contributed by atoms with Crippen LogP contribution in [-0.4, -0.2) is 36.7 Å². The van der Waals surface area contributed by atoms with Gasteiger partial charge in [-0.05, 0) is 25.3 Å². The third-order valence-electron chi connectivity index (χ3n) is 3.75. The number of aliphatic carboxylic acids is 1. The first-order valence-corrected chi connectivity index (χ1v) is 8.08. The van der Waals surface area contributed by atoms with Gasteiger partial charge >= 0.3 is 5.97 Å². The van der Waals surface area contributed by atoms with Gasteiger partial charge in [-0.1, -0.05) is 11.6 Å². The molecule has 0 radical (unpaired) electrons. The Balaban J connectivity index is 1.80. The van der Waals surface area contributed by atoms with Crippen LogP contribution in [0.15, 0.2) is 11.4 Å². The Kier molecular flexibility index (Phi) is 5.61. The topological polar surface area (TPSA) is 75.6 Å². The average molecular weight is 332 g/mol. The van der Waals surface area contributed by atoms with Crippen LogP contribution in [0.25, 0.3) is 0 Å². The minimum absolute atomic E-state index is 0.133. The van der Waals surface area contributed by atoms with E-state index in [1.165, 1.54) is 11.3 Å². The Morgan fingerprint density at radius 2 is 2.14 bits per heavy atom. The van der Waals surface area contributed by atoms with Crippen molar-refractivity contribution in [2.24, 2.45) is 5.41 Å². The van der Waals surface area contributed by atoms with E-state index in [0.29, 0.717) is 43.9 Å². The van der Waals surface area contributed by atoms with E-state index in [4.69, 9.17) is 16.3 Å². The van der Waals surface area contributed by atoms with E-state index >= 15 is 0 Å². The molecular formula is C14H18ClNO4S. The normalized spacial score (nSPS) is 17.4. The molecule has 2 N–H and O–H groups in total. The van der Waals surface area contributed by atoms with Crippen molar-refractivity contribution in [1.82, 2.24) is 5.32 Å². The minimum atomic E-state index is -0.889. The Morgan fingerprint density at radius 3 is 2.71 bits per heavy atom. The number of hydrogen-bond acceptors (Lipinski definition) is 4. The lowest BCUT2D eigenvalue weighted by molar-refractivity contribution is -0.154. The molecular weight excluding hydrogens is 314 g/mol. The van der Waals surface area contributed by atoms with Gasteiger partial charge < -0.3 is 15.2 Å². The molecule has 1 aromatic rings. The van der Waals surface area contributed by atoms with Crippen molar-refractivity contribution in [3.63, 3.8) is 0 Å². The maximum Gasteiger partial charge on any atom is 0.311 e. The standard InChI is InChI=1S/C14H18ClNO4S/c15-10-7-11(21-8-10)1-2-12(17)16-9-14(13(18)19)3-5-20-6-4-14/h7-8H,1-6,9H2,(H,16,17)(H,18,19). The monoisotopic (exact) mass is 331 g/mol. The van der Waals surface area contributed by atoms with Crippen LogP contribution in [-0.2, 0) is 20.7 Å². The van der Waals surface area contributed by atoms with Crippen molar-refractivity contribution in [1.29, 1.82) is 0 Å². The SMILES string of the molecule is O=C(CCc1cc(Cl)cs1)NCC1(C(=O)O)CCOCC1. The number of rotatable bonds is 6. The molecule has 1 aromatic heterocycles. The van der Waals surface area contributed by atoms with Gasteiger partial charge in [0.2, 0.25) is 5.91 Å². The molecule has 2 rings (SSSR count). The van der Waals surface area contributed by atoms with Crippen LogP contribution in [0.2, 0.25) is 5.02 Å². The van der Waals surface area contributed by atoms with Gasteiger partial charge in [-0.25, -0.2) is 0 Å². The van der Waals surface area contributed by atoms with Crippen LogP contribution in [0, 0.1) is 5.41 Å². The highest BCUT2D eigenvalue weighted by atomic mass is 35.5. The highest BCUT2D eigenvalue weighted by molar-refractivity contribution is 7.10. The quantitative estimate of drug-likeness (QED) is 0.839. The zero-order chi connectivity index (χ0) is 15.3. The van der Waals surface area contributed by atoms with E-state index in [1.54, 1.807) is 0 Å². The van der Waals surface area contributed by atoms with E-state index in [9.17, 15) is 14.7 Å². The molecule has 0 unspecified atom stereocenters. The van der Waals surface area contributed by atoms with Gasteiger partial charge in [0.15, 0.2) is 0 Å². The second-order valence-corrected chi connectivity index (χ2v) is 6.64. The summed E-state index contributed by atoms with van der Waals surface area (Å²) in [6.07, 6.45) is 1.82. The van der Waals surface area contributed by atoms with Crippen molar-refractivity contribution in [2.45, 2.75) is 25.7 Å². The first kappa shape index (κ1) is 16.3. The van der Waals surface area contributed by atoms with E-state index in [-0.39, 0.29) is 12.5 Å². The molecule has 1 amide bonds. The van der Waals surface area contributed by atoms with Crippen molar-refractivity contribution < 1.29 is 19.4 Å². The predicted octanol–water partition coefficient (Wildman–Crippen LogP) is 2.33. The number of carboxylic acid groups (broad SMARTS) is 1. The summed E-state index contributed by atoms with van der Waals surface area (Å²) < 4.78 is 5.20. The summed E-state index contributed by atoms with van der Waals surface area (Å²) in [4.78, 5) is 24.4. The number of carbonyl (C=O) groups excluding carboxylic acids is 1. The summed E-state index contributed by atoms with van der Waals surface area (Å²) in [5.74, 6) is -0.997. The molecule has 0 aromatic carbocycles. The third kappa shape index (κ3) is 4.43. The molecule has 0 atom stereocenters. The second-order valence-electron chi connectivity index (χ2n) is 5.21. The number of carbonyl (C=O) groups is 2. The molecule has 5 nitrogen and oxygen atoms in total. The van der Waals surface area contributed by atoms with Gasteiger partial charge in [0, 0.05) is 36.4 Å². The maximum atomic E-state index is 11.9. The lowest BCUT2D eigenvalue weighted by atomic mass is 9.80. The fraction of sp³-hybridized carbons (Fsp3) is 0.571. The van der Waals surface area contributed by atoms with Gasteiger partial charge in [-0.15, -0.1) is 11.3 Å². The number of amides is 1. The molecule has 0 saturated carbocycles. The van der Waals surface area contributed by atoms with E-state index in [0.717, 1.165) is 4.88 Å². The highest BCUT2D eigenvalue weighted by Crippen LogP contribution is 2.30. The predicted molar refractivity (Wildman–Crippen MR) is 80.8 cm³/mol. The fourth-order valence-corrected chi connectivity index (χ4v) is 3.38. The number of hydrogen-bond donors (Lipinski definition) is 2. The highest BCUT2D eigenvalue weighted by Gasteiger charge is 2.40. The molecule has 0 aliphatic carbocycles. The molecule has 1 fully saturated rings. The van der Waals surface area contributed by atoms with Crippen LogP contribution >= 0.6 is 22.9 Å². The van der Waals surface area contributed by atoms with Crippen molar-refractivity contribution in [2.75, 3.05) is 19.8 Å². The number of aryl methyl sites for hydroxylation is 1. The lowest BCUT2D eigenvalue weighted by Crippen LogP contribution is -2.46. The number of halogens is 1. The first-order chi connectivity index (χ1) is 10.0. The summed E-state index contributed by atoms with van der Waals surface area (Å²) >= 11 is 7.34. The summed E-state index contributed by atoms with van der Waals surface area (Å²) in [6, 6.07) is 1.84. The van der Waals surface area contributed by atoms with Gasteiger partial charge in [-0.2, -0.15) is 0 Å². The Bertz CT molecular complexity index is 511. The van der Waals surface area contributed by atoms with Crippen molar-refractivity contribution >= 4 is 34.8 Å². The average Bonchev–Trinajstić information content (AvgIpc) is 2.89. The van der Waals surface area contributed by atoms with E-state index in [1.807, 2.05) is 11.4 Å². The van der Waals surface area contributed by atoms with Crippen LogP contribution < -0.4 is 5.32 Å². The molecule has 21 heavy (non-hydrogen) atoms. The first-order valence-electron chi connectivity index (χ1n) is 6.83. The summed E-state index contributed by atoms with van der Waals surface area (Å²) in [5, 5.41) is 14.7. The van der Waals surface area contributed by atoms with Gasteiger partial charge in [-0.3, -0.25) is 9.59 Å². The molecule has 7 heteroatoms. The van der Waals surface area contributed by atoms with Crippen LogP contribution in [0.4, 0.5) is 0 Å². The fourth-order valence-electron chi connectivity index (χ4n) is 2.31. The second kappa shape index (κ2) is 7.24. The van der Waals surface area contributed by atoms with Crippen LogP contribution in [0.3, 0.4) is 0 Å². The van der Waals surface area contributed by atoms with Gasteiger partial charge in [0.25, 0.3) is 0 Å². The Morgan fingerprint density at radius 1 is 1.43 bits per heavy atom. The van der Waals surface area contributed by atoms with Crippen LogP contribution in [0.1, 0.15) is 24.1 Å². The number of thiophene rings is 1. The molecule has 1 aliphatic rings. The Hall–Kier alpha value is -1.11. The smallest absolute Gasteiger partial charge is 0.311 e. The summed E-state index contributed by atoms with van der Waals surface area (Å²) in [5.41, 5.74) is -0.889. The number of ether oxygens (including phenoxy) is 1. The minimum Gasteiger partial charge on any atom is -0.481 e. The molecule has 116 valence electrons. The lowest BCUT2D eigenvalue weighted by Gasteiger charge is -2.33. The molecule has 1 aliphatic heterocycles. The number of carboxylic acids is 1. The largest absolute Gasteiger partial charge is 0.481 e. The molecule has 0 spiro atoms. The summed E-state index contributed by atoms with van der Waals surface area (Å²) in [6.45, 7) is 1.02. The van der Waals surface area contributed by atoms with Crippen molar-refractivity contribution in [3.8, 4) is 0 Å². The van der Waals surface area contributed by atoms with E-state index in [2.05, 4.69) is 5.32 Å². The third-order valence-corrected chi connectivity index (χ3v) is 5.09. The van der Waals surface area contributed by atoms with E-state index < -0.39 is 11.4 Å². The molecule has 1 saturated heterocycles. The van der Waals surface area contributed by atoms with Gasteiger partial charge in [0.05, 0.1) is 10.4 Å². The zero-order valence-corrected chi connectivity index (χ0v) is 13.1. The van der Waals surface area contributed by atoms with Crippen molar-refractivity contribution in [3.05, 3.63) is 21.3 Å². The maximum absolute atomic E-state index is 11.9. The van der Waals surface area contributed by atoms with Gasteiger partial charge in [0.1, 0.15) is 0 Å². The summed E-state index contributed by atoms with van der Waals surface area (Å²) in [7, 11) is 0. The number of nitrogens with one attached hydrogen (secondary N) is 1. The zero-order valence-electron chi connectivity index (χ0n) is 11.6. The Labute approximate surface area is 132 Å².